The Labute approximate surface area is 181 Å². The summed E-state index contributed by atoms with van der Waals surface area (Å²) in [7, 11) is 2.08. The van der Waals surface area contributed by atoms with E-state index in [4.69, 9.17) is 0 Å². The molecule has 1 fully saturated rings. The van der Waals surface area contributed by atoms with E-state index in [1.807, 2.05) is 12.1 Å². The number of carbonyl (C=O) groups is 2. The summed E-state index contributed by atoms with van der Waals surface area (Å²) < 4.78 is 0.913. The third kappa shape index (κ3) is 4.06. The smallest absolute Gasteiger partial charge is 0.260 e. The first-order chi connectivity index (χ1) is 13.9. The molecule has 0 bridgehead atoms. The lowest BCUT2D eigenvalue weighted by Gasteiger charge is -2.33. The monoisotopic (exact) mass is 505 g/mol. The minimum Gasteiger partial charge on any atom is -0.492 e. The quantitative estimate of drug-likeness (QED) is 0.333. The minimum absolute atomic E-state index is 0.145. The number of pyridine rings is 1. The van der Waals surface area contributed by atoms with Crippen molar-refractivity contribution >= 4 is 51.5 Å². The van der Waals surface area contributed by atoms with Crippen molar-refractivity contribution in [2.24, 2.45) is 0 Å². The van der Waals surface area contributed by atoms with E-state index in [-0.39, 0.29) is 5.88 Å². The van der Waals surface area contributed by atoms with Crippen LogP contribution in [0.4, 0.5) is 11.5 Å². The fraction of sp³-hybridized carbons (Fsp3) is 0.250. The number of fused-ring (bicyclic) bond motifs is 1. The van der Waals surface area contributed by atoms with Crippen molar-refractivity contribution in [1.82, 2.24) is 15.2 Å². The van der Waals surface area contributed by atoms with Gasteiger partial charge in [-0.1, -0.05) is 0 Å². The van der Waals surface area contributed by atoms with Crippen molar-refractivity contribution in [2.75, 3.05) is 43.4 Å². The zero-order valence-corrected chi connectivity index (χ0v) is 17.9. The third-order valence-electron chi connectivity index (χ3n) is 5.05. The van der Waals surface area contributed by atoms with E-state index >= 15 is 0 Å². The number of rotatable bonds is 3. The molecule has 1 aromatic heterocycles. The number of piperazine rings is 1. The van der Waals surface area contributed by atoms with E-state index in [0.29, 0.717) is 22.4 Å². The molecular weight excluding hydrogens is 485 g/mol. The molecule has 4 rings (SSSR count). The van der Waals surface area contributed by atoms with Crippen LogP contribution in [-0.4, -0.2) is 60.0 Å². The molecule has 0 spiro atoms. The second-order valence-corrected chi connectivity index (χ2v) is 8.25. The Morgan fingerprint density at radius 1 is 1.10 bits per heavy atom. The van der Waals surface area contributed by atoms with Gasteiger partial charge in [-0.25, -0.2) is 0 Å². The van der Waals surface area contributed by atoms with Crippen molar-refractivity contribution in [1.29, 1.82) is 0 Å². The molecular formula is C20H20IN5O3. The van der Waals surface area contributed by atoms with Gasteiger partial charge in [-0.2, -0.15) is 4.98 Å². The van der Waals surface area contributed by atoms with E-state index in [9.17, 15) is 14.7 Å². The standard InChI is InChI=1S/C20H20IN5O3/c1-25-6-8-26(9-7-25)17-5-4-16(20(29)23-17)22-11-15-14-10-12(21)2-3-13(14)18(27)24-19(15)28/h2-5,10-11,22H,6-9H2,1H3,(H,23,29)(H,24,27,28). The minimum atomic E-state index is -0.487. The number of carbonyl (C=O) groups excluding carboxylic acids is 2. The maximum absolute atomic E-state index is 12.3. The summed E-state index contributed by atoms with van der Waals surface area (Å²) in [5.74, 6) is -0.332. The summed E-state index contributed by atoms with van der Waals surface area (Å²) in [5.41, 5.74) is 1.69. The summed E-state index contributed by atoms with van der Waals surface area (Å²) in [6, 6.07) is 8.86. The lowest BCUT2D eigenvalue weighted by atomic mass is 9.96. The molecule has 0 aliphatic carbocycles. The lowest BCUT2D eigenvalue weighted by molar-refractivity contribution is -0.114. The number of likely N-dealkylation sites (N-methyl/N-ethyl adjacent to an activating group) is 1. The predicted molar refractivity (Wildman–Crippen MR) is 119 cm³/mol. The van der Waals surface area contributed by atoms with E-state index in [1.165, 1.54) is 6.20 Å². The molecule has 1 saturated heterocycles. The van der Waals surface area contributed by atoms with Crippen LogP contribution in [0.25, 0.3) is 5.57 Å². The fourth-order valence-electron chi connectivity index (χ4n) is 3.35. The molecule has 2 aromatic rings. The summed E-state index contributed by atoms with van der Waals surface area (Å²) in [6.45, 7) is 3.59. The number of imide groups is 1. The number of halogens is 1. The van der Waals surface area contributed by atoms with Gasteiger partial charge in [-0.05, 0) is 60.0 Å². The maximum atomic E-state index is 12.3. The molecule has 0 saturated carbocycles. The van der Waals surface area contributed by atoms with Gasteiger partial charge in [0.25, 0.3) is 11.8 Å². The molecule has 9 heteroatoms. The largest absolute Gasteiger partial charge is 0.492 e. The summed E-state index contributed by atoms with van der Waals surface area (Å²) >= 11 is 2.13. The van der Waals surface area contributed by atoms with Crippen LogP contribution in [0, 0.1) is 3.57 Å². The number of benzene rings is 1. The van der Waals surface area contributed by atoms with Crippen LogP contribution in [0.5, 0.6) is 5.88 Å². The predicted octanol–water partition coefficient (Wildman–Crippen LogP) is 1.87. The first kappa shape index (κ1) is 19.6. The molecule has 3 N–H and O–H groups in total. The molecule has 0 radical (unpaired) electrons. The number of anilines is 2. The molecule has 150 valence electrons. The van der Waals surface area contributed by atoms with Crippen LogP contribution in [0.3, 0.4) is 0 Å². The number of amides is 2. The van der Waals surface area contributed by atoms with Gasteiger partial charge >= 0.3 is 0 Å². The summed E-state index contributed by atoms with van der Waals surface area (Å²) in [4.78, 5) is 33.1. The van der Waals surface area contributed by atoms with Gasteiger partial charge in [0.1, 0.15) is 11.5 Å². The number of nitrogens with one attached hydrogen (secondary N) is 2. The average molecular weight is 505 g/mol. The molecule has 0 atom stereocenters. The molecule has 2 amide bonds. The summed E-state index contributed by atoms with van der Waals surface area (Å²) in [6.07, 6.45) is 1.49. The number of aromatic nitrogens is 1. The highest BCUT2D eigenvalue weighted by Gasteiger charge is 2.27. The van der Waals surface area contributed by atoms with Crippen molar-refractivity contribution in [3.05, 3.63) is 51.2 Å². The van der Waals surface area contributed by atoms with Gasteiger partial charge in [0.15, 0.2) is 0 Å². The second kappa shape index (κ2) is 7.99. The maximum Gasteiger partial charge on any atom is 0.260 e. The molecule has 3 heterocycles. The highest BCUT2D eigenvalue weighted by molar-refractivity contribution is 14.1. The van der Waals surface area contributed by atoms with Gasteiger partial charge in [0.2, 0.25) is 5.88 Å². The molecule has 0 unspecified atom stereocenters. The normalized spacial score (nSPS) is 18.6. The average Bonchev–Trinajstić information content (AvgIpc) is 2.69. The van der Waals surface area contributed by atoms with Crippen LogP contribution in [-0.2, 0) is 4.79 Å². The number of nitrogens with zero attached hydrogens (tertiary/aromatic N) is 3. The Morgan fingerprint density at radius 3 is 2.59 bits per heavy atom. The summed E-state index contributed by atoms with van der Waals surface area (Å²) in [5, 5.41) is 15.6. The molecule has 8 nitrogen and oxygen atoms in total. The Kier molecular flexibility index (Phi) is 5.41. The zero-order chi connectivity index (χ0) is 20.5. The van der Waals surface area contributed by atoms with Gasteiger partial charge in [0, 0.05) is 47.1 Å². The van der Waals surface area contributed by atoms with E-state index in [2.05, 4.69) is 55.1 Å². The topological polar surface area (TPSA) is 97.8 Å². The number of aromatic hydroxyl groups is 1. The van der Waals surface area contributed by atoms with Crippen LogP contribution < -0.4 is 15.5 Å². The van der Waals surface area contributed by atoms with Crippen LogP contribution in [0.1, 0.15) is 15.9 Å². The van der Waals surface area contributed by atoms with Crippen molar-refractivity contribution in [3.63, 3.8) is 0 Å². The Hall–Kier alpha value is -2.66. The van der Waals surface area contributed by atoms with Crippen molar-refractivity contribution in [2.45, 2.75) is 0 Å². The Bertz CT molecular complexity index is 1020. The van der Waals surface area contributed by atoms with Crippen LogP contribution in [0.2, 0.25) is 0 Å². The molecule has 1 aromatic carbocycles. The first-order valence-electron chi connectivity index (χ1n) is 9.18. The highest BCUT2D eigenvalue weighted by Crippen LogP contribution is 2.29. The van der Waals surface area contributed by atoms with E-state index < -0.39 is 11.8 Å². The number of hydrogen-bond donors (Lipinski definition) is 3. The molecule has 2 aliphatic heterocycles. The third-order valence-corrected chi connectivity index (χ3v) is 5.72. The fourth-order valence-corrected chi connectivity index (χ4v) is 3.84. The van der Waals surface area contributed by atoms with Gasteiger partial charge in [-0.3, -0.25) is 14.9 Å². The molecule has 2 aliphatic rings. The Morgan fingerprint density at radius 2 is 1.86 bits per heavy atom. The van der Waals surface area contributed by atoms with Gasteiger partial charge < -0.3 is 20.2 Å². The zero-order valence-electron chi connectivity index (χ0n) is 15.8. The van der Waals surface area contributed by atoms with Crippen molar-refractivity contribution in [3.8, 4) is 5.88 Å². The Balaban J connectivity index is 1.58. The van der Waals surface area contributed by atoms with E-state index in [1.54, 1.807) is 18.2 Å². The van der Waals surface area contributed by atoms with Gasteiger partial charge in [-0.15, -0.1) is 0 Å². The lowest BCUT2D eigenvalue weighted by Crippen LogP contribution is -2.44. The van der Waals surface area contributed by atoms with Crippen LogP contribution in [0.15, 0.2) is 36.5 Å². The number of hydrogen-bond acceptors (Lipinski definition) is 7. The SMILES string of the molecule is CN1CCN(c2ccc(NC=C3C(=O)NC(=O)c4ccc(I)cc43)c(O)n2)CC1. The molecule has 29 heavy (non-hydrogen) atoms. The van der Waals surface area contributed by atoms with E-state index in [0.717, 1.165) is 35.6 Å². The second-order valence-electron chi connectivity index (χ2n) is 7.01. The highest BCUT2D eigenvalue weighted by atomic mass is 127. The van der Waals surface area contributed by atoms with Crippen molar-refractivity contribution < 1.29 is 14.7 Å². The first-order valence-corrected chi connectivity index (χ1v) is 10.3. The van der Waals surface area contributed by atoms with Gasteiger partial charge in [0.05, 0.1) is 5.57 Å². The van der Waals surface area contributed by atoms with Crippen LogP contribution >= 0.6 is 22.6 Å².